The number of benzene rings is 1. The molecular formula is C21H26ClF3N6O2. The van der Waals surface area contributed by atoms with Gasteiger partial charge in [0, 0.05) is 43.3 Å². The van der Waals surface area contributed by atoms with Gasteiger partial charge in [-0.25, -0.2) is 4.98 Å². The quantitative estimate of drug-likeness (QED) is 0.245. The molecule has 12 heteroatoms. The molecule has 0 saturated heterocycles. The Balaban J connectivity index is 0.000000323. The van der Waals surface area contributed by atoms with E-state index in [-0.39, 0.29) is 22.1 Å². The van der Waals surface area contributed by atoms with Crippen LogP contribution in [0, 0.1) is 5.41 Å². The number of nitrogens with zero attached hydrogens (tertiary/aromatic N) is 3. The number of carbonyl (C=O) groups is 1. The minimum Gasteiger partial charge on any atom is -0.399 e. The van der Waals surface area contributed by atoms with Gasteiger partial charge in [-0.05, 0) is 49.7 Å². The maximum Gasteiger partial charge on any atom is 0.416 e. The molecule has 0 unspecified atom stereocenters. The van der Waals surface area contributed by atoms with Crippen molar-refractivity contribution in [2.45, 2.75) is 32.0 Å². The second-order valence-electron chi connectivity index (χ2n) is 8.26. The molecular weight excluding hydrogens is 461 g/mol. The van der Waals surface area contributed by atoms with Crippen molar-refractivity contribution in [1.29, 1.82) is 0 Å². The van der Waals surface area contributed by atoms with Gasteiger partial charge < -0.3 is 20.2 Å². The number of hydrazine groups is 1. The van der Waals surface area contributed by atoms with Crippen LogP contribution >= 0.6 is 11.6 Å². The number of ether oxygens (including phenoxy) is 1. The van der Waals surface area contributed by atoms with Crippen LogP contribution < -0.4 is 16.6 Å². The number of fused-ring (bicyclic) bond motifs is 1. The Morgan fingerprint density at radius 2 is 2.00 bits per heavy atom. The highest BCUT2D eigenvalue weighted by Crippen LogP contribution is 2.43. The number of alkyl halides is 3. The fraction of sp³-hybridized carbons (Fsp3) is 0.476. The predicted octanol–water partition coefficient (Wildman–Crippen LogP) is 3.77. The van der Waals surface area contributed by atoms with Gasteiger partial charge in [0.15, 0.2) is 5.82 Å². The van der Waals surface area contributed by atoms with Crippen molar-refractivity contribution >= 4 is 35.1 Å². The molecule has 0 spiro atoms. The Kier molecular flexibility index (Phi) is 7.65. The number of aldehydes is 1. The molecule has 2 aliphatic rings. The highest BCUT2D eigenvalue weighted by Gasteiger charge is 2.42. The van der Waals surface area contributed by atoms with Crippen LogP contribution in [0.2, 0.25) is 5.28 Å². The molecule has 2 heterocycles. The summed E-state index contributed by atoms with van der Waals surface area (Å²) in [6, 6.07) is 3.23. The van der Waals surface area contributed by atoms with Crippen molar-refractivity contribution < 1.29 is 22.7 Å². The van der Waals surface area contributed by atoms with Gasteiger partial charge >= 0.3 is 6.18 Å². The van der Waals surface area contributed by atoms with Crippen LogP contribution in [0.1, 0.15) is 29.7 Å². The van der Waals surface area contributed by atoms with E-state index in [2.05, 4.69) is 25.7 Å². The number of rotatable bonds is 6. The first-order valence-electron chi connectivity index (χ1n) is 10.2. The lowest BCUT2D eigenvalue weighted by Gasteiger charge is -2.26. The van der Waals surface area contributed by atoms with Gasteiger partial charge in [0.1, 0.15) is 6.29 Å². The van der Waals surface area contributed by atoms with Gasteiger partial charge in [0.05, 0.1) is 23.6 Å². The molecule has 1 fully saturated rings. The first-order valence-corrected chi connectivity index (χ1v) is 10.6. The van der Waals surface area contributed by atoms with E-state index in [4.69, 9.17) is 22.1 Å². The number of likely N-dealkylation sites (N-methyl/N-ethyl adjacent to an activating group) is 1. The maximum absolute atomic E-state index is 12.9. The molecule has 8 nitrogen and oxygen atoms in total. The normalized spacial score (nSPS) is 16.8. The summed E-state index contributed by atoms with van der Waals surface area (Å²) >= 11 is 5.94. The number of halogens is 4. The van der Waals surface area contributed by atoms with Crippen molar-refractivity contribution in [3.63, 3.8) is 0 Å². The third-order valence-electron chi connectivity index (χ3n) is 5.41. The number of anilines is 3. The lowest BCUT2D eigenvalue weighted by molar-refractivity contribution is -0.137. The van der Waals surface area contributed by atoms with E-state index in [0.29, 0.717) is 19.0 Å². The van der Waals surface area contributed by atoms with E-state index >= 15 is 0 Å². The second-order valence-corrected chi connectivity index (χ2v) is 8.60. The molecule has 1 aromatic heterocycles. The molecule has 0 bridgehead atoms. The summed E-state index contributed by atoms with van der Waals surface area (Å²) in [6.45, 7) is 2.06. The number of nitrogens with two attached hydrogens (primary N) is 1. The minimum atomic E-state index is -4.48. The van der Waals surface area contributed by atoms with E-state index in [1.165, 1.54) is 6.07 Å². The first-order chi connectivity index (χ1) is 15.5. The molecule has 1 aliphatic carbocycles. The molecule has 33 heavy (non-hydrogen) atoms. The summed E-state index contributed by atoms with van der Waals surface area (Å²) in [7, 11) is 3.59. The number of carbonyl (C=O) groups excluding carboxylic acids is 1. The fourth-order valence-electron chi connectivity index (χ4n) is 3.39. The molecule has 4 rings (SSSR count). The summed E-state index contributed by atoms with van der Waals surface area (Å²) < 4.78 is 43.5. The lowest BCUT2D eigenvalue weighted by atomic mass is 10.1. The van der Waals surface area contributed by atoms with Gasteiger partial charge in [0.25, 0.3) is 0 Å². The largest absolute Gasteiger partial charge is 0.416 e. The van der Waals surface area contributed by atoms with Crippen molar-refractivity contribution in [3.8, 4) is 0 Å². The third kappa shape index (κ3) is 6.68. The van der Waals surface area contributed by atoms with E-state index in [1.807, 2.05) is 7.05 Å². The first kappa shape index (κ1) is 25.0. The van der Waals surface area contributed by atoms with Crippen LogP contribution in [-0.2, 0) is 28.7 Å². The van der Waals surface area contributed by atoms with Crippen molar-refractivity contribution in [2.75, 3.05) is 43.9 Å². The molecule has 0 atom stereocenters. The number of nitrogen functional groups attached to an aromatic ring is 1. The monoisotopic (exact) mass is 486 g/mol. The third-order valence-corrected chi connectivity index (χ3v) is 5.57. The van der Waals surface area contributed by atoms with Crippen LogP contribution in [0.25, 0.3) is 0 Å². The number of hydrogen-bond donors (Lipinski definition) is 3. The highest BCUT2D eigenvalue weighted by molar-refractivity contribution is 6.28. The van der Waals surface area contributed by atoms with E-state index in [1.54, 1.807) is 7.11 Å². The average molecular weight is 487 g/mol. The van der Waals surface area contributed by atoms with Gasteiger partial charge in [0.2, 0.25) is 5.28 Å². The zero-order valence-corrected chi connectivity index (χ0v) is 19.1. The molecule has 180 valence electrons. The summed E-state index contributed by atoms with van der Waals surface area (Å²) in [5.74, 6) is 0.428. The minimum absolute atomic E-state index is 0.00149. The van der Waals surface area contributed by atoms with Crippen LogP contribution in [0.5, 0.6) is 0 Å². The fourth-order valence-corrected chi connectivity index (χ4v) is 3.57. The Bertz CT molecular complexity index is 1000. The van der Waals surface area contributed by atoms with Crippen molar-refractivity contribution in [3.05, 3.63) is 40.3 Å². The predicted molar refractivity (Wildman–Crippen MR) is 120 cm³/mol. The number of aromatic nitrogens is 2. The van der Waals surface area contributed by atoms with Crippen molar-refractivity contribution in [1.82, 2.24) is 14.9 Å². The molecule has 1 aliphatic heterocycles. The topological polar surface area (TPSA) is 105 Å². The van der Waals surface area contributed by atoms with E-state index in [9.17, 15) is 18.0 Å². The Labute approximate surface area is 194 Å². The maximum atomic E-state index is 12.9. The molecule has 0 radical (unpaired) electrons. The highest BCUT2D eigenvalue weighted by atomic mass is 35.5. The van der Waals surface area contributed by atoms with Gasteiger partial charge in [-0.1, -0.05) is 0 Å². The van der Waals surface area contributed by atoms with Crippen LogP contribution in [0.4, 0.5) is 30.4 Å². The summed E-state index contributed by atoms with van der Waals surface area (Å²) in [5, 5.41) is 0.0798. The second kappa shape index (κ2) is 10.1. The summed E-state index contributed by atoms with van der Waals surface area (Å²) in [5.41, 5.74) is 12.0. The van der Waals surface area contributed by atoms with Gasteiger partial charge in [-0.15, -0.1) is 0 Å². The van der Waals surface area contributed by atoms with Crippen molar-refractivity contribution in [2.24, 2.45) is 5.41 Å². The summed E-state index contributed by atoms with van der Waals surface area (Å²) in [6.07, 6.45) is -0.712. The van der Waals surface area contributed by atoms with Gasteiger partial charge in [-0.3, -0.25) is 10.9 Å². The Hall–Kier alpha value is -2.63. The summed E-state index contributed by atoms with van der Waals surface area (Å²) in [4.78, 5) is 20.6. The van der Waals surface area contributed by atoms with E-state index < -0.39 is 11.7 Å². The Morgan fingerprint density at radius 1 is 1.27 bits per heavy atom. The Morgan fingerprint density at radius 3 is 2.58 bits per heavy atom. The van der Waals surface area contributed by atoms with Crippen LogP contribution in [-0.4, -0.2) is 48.5 Å². The van der Waals surface area contributed by atoms with Gasteiger partial charge in [-0.2, -0.15) is 18.2 Å². The zero-order chi connectivity index (χ0) is 24.2. The number of hydrogen-bond acceptors (Lipinski definition) is 8. The standard InChI is InChI=1S/C15H16ClF3N6.C6H10O2/c1-25-3-2-12-11(7-25)13(22-14(16)21-12)24-23-10-5-8(15(17,18)19)4-9(20)6-10;1-8-5-6(4-7)2-3-6/h4-6,23H,2-3,7,20H2,1H3,(H,21,22,24);4H,2-3,5H2,1H3. The van der Waals surface area contributed by atoms with Crippen LogP contribution in [0.3, 0.4) is 0 Å². The lowest BCUT2D eigenvalue weighted by Crippen LogP contribution is -2.29. The average Bonchev–Trinajstić information content (AvgIpc) is 3.52. The zero-order valence-electron chi connectivity index (χ0n) is 18.3. The molecule has 1 saturated carbocycles. The van der Waals surface area contributed by atoms with E-state index in [0.717, 1.165) is 55.5 Å². The smallest absolute Gasteiger partial charge is 0.399 e. The molecule has 2 aromatic rings. The molecule has 0 amide bonds. The number of nitrogens with one attached hydrogen (secondary N) is 2. The molecule has 1 aromatic carbocycles. The number of methoxy groups -OCH3 is 1. The molecule has 4 N–H and O–H groups in total. The van der Waals surface area contributed by atoms with Crippen LogP contribution in [0.15, 0.2) is 18.2 Å². The SMILES string of the molecule is CN1CCc2nc(Cl)nc(NNc3cc(N)cc(C(F)(F)F)c3)c2C1.COCC1(C=O)CC1.